The minimum absolute atomic E-state index is 0.155. The van der Waals surface area contributed by atoms with E-state index < -0.39 is 5.41 Å². The average molecular weight is 337 g/mol. The molecule has 0 radical (unpaired) electrons. The second-order valence-electron chi connectivity index (χ2n) is 6.06. The van der Waals surface area contributed by atoms with Crippen LogP contribution in [-0.4, -0.2) is 27.5 Å². The van der Waals surface area contributed by atoms with Crippen molar-refractivity contribution in [3.63, 3.8) is 0 Å². The van der Waals surface area contributed by atoms with Gasteiger partial charge in [0.1, 0.15) is 16.2 Å². The van der Waals surface area contributed by atoms with Crippen molar-refractivity contribution in [2.45, 2.75) is 39.6 Å². The molecule has 118 valence electrons. The van der Waals surface area contributed by atoms with Gasteiger partial charge in [0.2, 0.25) is 11.8 Å². The molecule has 22 heavy (non-hydrogen) atoms. The topological polar surface area (TPSA) is 72.0 Å². The molecule has 0 saturated carbocycles. The first kappa shape index (κ1) is 16.9. The van der Waals surface area contributed by atoms with Gasteiger partial charge in [0, 0.05) is 15.7 Å². The van der Waals surface area contributed by atoms with E-state index in [2.05, 4.69) is 15.3 Å². The molecule has 0 unspecified atom stereocenters. The number of nitrogens with one attached hydrogen (secondary N) is 1. The summed E-state index contributed by atoms with van der Waals surface area (Å²) in [7, 11) is 0. The minimum atomic E-state index is -0.580. The molecule has 0 bridgehead atoms. The summed E-state index contributed by atoms with van der Waals surface area (Å²) in [4.78, 5) is 34.4. The molecule has 0 spiro atoms. The molecule has 2 aromatic rings. The lowest BCUT2D eigenvalue weighted by Crippen LogP contribution is -2.39. The summed E-state index contributed by atoms with van der Waals surface area (Å²) < 4.78 is 0. The Morgan fingerprint density at radius 3 is 2.59 bits per heavy atom. The zero-order valence-electron chi connectivity index (χ0n) is 13.3. The number of amides is 2. The predicted molar refractivity (Wildman–Crippen MR) is 90.2 cm³/mol. The van der Waals surface area contributed by atoms with Crippen LogP contribution in [0.5, 0.6) is 0 Å². The molecular weight excluding hydrogens is 318 g/mol. The van der Waals surface area contributed by atoms with Gasteiger partial charge in [0.25, 0.3) is 0 Å². The number of nitrogens with zero attached hydrogens (tertiary/aromatic N) is 2. The summed E-state index contributed by atoms with van der Waals surface area (Å²) in [6.07, 6.45) is 1.51. The van der Waals surface area contributed by atoms with Gasteiger partial charge in [0.15, 0.2) is 0 Å². The van der Waals surface area contributed by atoms with Crippen LogP contribution in [-0.2, 0) is 9.59 Å². The van der Waals surface area contributed by atoms with Crippen molar-refractivity contribution in [1.29, 1.82) is 0 Å². The molecule has 0 aliphatic carbocycles. The van der Waals surface area contributed by atoms with Crippen molar-refractivity contribution in [2.75, 3.05) is 5.75 Å². The van der Waals surface area contributed by atoms with E-state index in [4.69, 9.17) is 0 Å². The highest BCUT2D eigenvalue weighted by molar-refractivity contribution is 8.00. The van der Waals surface area contributed by atoms with E-state index in [1.54, 1.807) is 32.1 Å². The standard InChI is InChI=1S/C15H19N3O2S2/c1-8-9(2)22-13-11(8)12(16-7-17-13)21-6-10(19)18-14(20)15(3,4)5/h7H,6H2,1-5H3,(H,18,19,20). The maximum Gasteiger partial charge on any atom is 0.236 e. The van der Waals surface area contributed by atoms with Crippen LogP contribution in [0.1, 0.15) is 31.2 Å². The highest BCUT2D eigenvalue weighted by atomic mass is 32.2. The molecule has 2 aromatic heterocycles. The molecule has 0 aliphatic rings. The smallest absolute Gasteiger partial charge is 0.236 e. The second kappa shape index (κ2) is 6.34. The Kier molecular flexibility index (Phi) is 4.87. The van der Waals surface area contributed by atoms with Gasteiger partial charge in [-0.1, -0.05) is 32.5 Å². The van der Waals surface area contributed by atoms with Crippen LogP contribution < -0.4 is 5.32 Å². The normalized spacial score (nSPS) is 11.7. The number of carbonyl (C=O) groups excluding carboxylic acids is 2. The predicted octanol–water partition coefficient (Wildman–Crippen LogP) is 3.09. The Morgan fingerprint density at radius 2 is 1.95 bits per heavy atom. The molecule has 1 N–H and O–H groups in total. The monoisotopic (exact) mass is 337 g/mol. The number of thiophene rings is 1. The maximum absolute atomic E-state index is 11.9. The van der Waals surface area contributed by atoms with E-state index in [9.17, 15) is 9.59 Å². The molecule has 7 heteroatoms. The summed E-state index contributed by atoms with van der Waals surface area (Å²) >= 11 is 2.95. The summed E-state index contributed by atoms with van der Waals surface area (Å²) in [5.74, 6) is -0.419. The molecule has 5 nitrogen and oxygen atoms in total. The molecule has 0 fully saturated rings. The van der Waals surface area contributed by atoms with Crippen molar-refractivity contribution < 1.29 is 9.59 Å². The first-order valence-electron chi connectivity index (χ1n) is 6.88. The number of imide groups is 1. The molecular formula is C15H19N3O2S2. The van der Waals surface area contributed by atoms with Crippen molar-refractivity contribution >= 4 is 45.1 Å². The summed E-state index contributed by atoms with van der Waals surface area (Å²) in [6, 6.07) is 0. The lowest BCUT2D eigenvalue weighted by molar-refractivity contribution is -0.134. The van der Waals surface area contributed by atoms with Crippen LogP contribution in [0.25, 0.3) is 10.2 Å². The SMILES string of the molecule is Cc1sc2ncnc(SCC(=O)NC(=O)C(C)(C)C)c2c1C. The first-order chi connectivity index (χ1) is 10.2. The third-order valence-corrected chi connectivity index (χ3v) is 5.31. The zero-order chi connectivity index (χ0) is 16.5. The average Bonchev–Trinajstić information content (AvgIpc) is 2.71. The first-order valence-corrected chi connectivity index (χ1v) is 8.68. The van der Waals surface area contributed by atoms with E-state index >= 15 is 0 Å². The lowest BCUT2D eigenvalue weighted by Gasteiger charge is -2.16. The van der Waals surface area contributed by atoms with Crippen LogP contribution in [0.15, 0.2) is 11.4 Å². The number of aryl methyl sites for hydroxylation is 2. The Balaban J connectivity index is 2.09. The number of hydrogen-bond donors (Lipinski definition) is 1. The molecule has 0 aromatic carbocycles. The van der Waals surface area contributed by atoms with Gasteiger partial charge < -0.3 is 0 Å². The molecule has 2 rings (SSSR count). The number of aromatic nitrogens is 2. The van der Waals surface area contributed by atoms with Gasteiger partial charge in [-0.15, -0.1) is 11.3 Å². The van der Waals surface area contributed by atoms with Gasteiger partial charge >= 0.3 is 0 Å². The van der Waals surface area contributed by atoms with Crippen molar-refractivity contribution in [3.8, 4) is 0 Å². The van der Waals surface area contributed by atoms with E-state index in [-0.39, 0.29) is 17.6 Å². The van der Waals surface area contributed by atoms with Gasteiger partial charge in [-0.3, -0.25) is 14.9 Å². The molecule has 0 atom stereocenters. The van der Waals surface area contributed by atoms with E-state index in [1.165, 1.54) is 23.0 Å². The quantitative estimate of drug-likeness (QED) is 0.688. The summed E-state index contributed by atoms with van der Waals surface area (Å²) in [5.41, 5.74) is 0.568. The Morgan fingerprint density at radius 1 is 1.27 bits per heavy atom. The number of thioether (sulfide) groups is 1. The lowest BCUT2D eigenvalue weighted by atomic mass is 9.96. The van der Waals surface area contributed by atoms with Gasteiger partial charge in [-0.2, -0.15) is 0 Å². The fraction of sp³-hybridized carbons (Fsp3) is 0.467. The fourth-order valence-corrected chi connectivity index (χ4v) is 3.66. The number of rotatable bonds is 3. The Hall–Kier alpha value is -1.47. The minimum Gasteiger partial charge on any atom is -0.295 e. The summed E-state index contributed by atoms with van der Waals surface area (Å²) in [6.45, 7) is 9.40. The molecule has 2 heterocycles. The number of hydrogen-bond acceptors (Lipinski definition) is 6. The van der Waals surface area contributed by atoms with Gasteiger partial charge in [-0.25, -0.2) is 9.97 Å². The third kappa shape index (κ3) is 3.64. The van der Waals surface area contributed by atoms with Crippen molar-refractivity contribution in [3.05, 3.63) is 16.8 Å². The van der Waals surface area contributed by atoms with Crippen LogP contribution in [0, 0.1) is 19.3 Å². The maximum atomic E-state index is 11.9. The number of carbonyl (C=O) groups is 2. The van der Waals surface area contributed by atoms with Gasteiger partial charge in [-0.05, 0) is 19.4 Å². The van der Waals surface area contributed by atoms with Crippen LogP contribution in [0.4, 0.5) is 0 Å². The Bertz CT molecular complexity index is 732. The molecule has 0 saturated heterocycles. The zero-order valence-corrected chi connectivity index (χ0v) is 14.9. The van der Waals surface area contributed by atoms with E-state index in [0.29, 0.717) is 0 Å². The van der Waals surface area contributed by atoms with Crippen LogP contribution >= 0.6 is 23.1 Å². The molecule has 0 aliphatic heterocycles. The highest BCUT2D eigenvalue weighted by Gasteiger charge is 2.23. The van der Waals surface area contributed by atoms with Crippen LogP contribution in [0.3, 0.4) is 0 Å². The third-order valence-electron chi connectivity index (χ3n) is 3.20. The van der Waals surface area contributed by atoms with E-state index in [1.807, 2.05) is 13.8 Å². The van der Waals surface area contributed by atoms with Crippen molar-refractivity contribution in [1.82, 2.24) is 15.3 Å². The molecule has 2 amide bonds. The van der Waals surface area contributed by atoms with E-state index in [0.717, 1.165) is 20.8 Å². The Labute approximate surface area is 137 Å². The highest BCUT2D eigenvalue weighted by Crippen LogP contribution is 2.34. The van der Waals surface area contributed by atoms with Gasteiger partial charge in [0.05, 0.1) is 5.75 Å². The fourth-order valence-electron chi connectivity index (χ4n) is 1.74. The summed E-state index contributed by atoms with van der Waals surface area (Å²) in [5, 5.41) is 4.21. The number of fused-ring (bicyclic) bond motifs is 1. The second-order valence-corrected chi connectivity index (χ2v) is 8.23. The largest absolute Gasteiger partial charge is 0.295 e. The van der Waals surface area contributed by atoms with Crippen molar-refractivity contribution in [2.24, 2.45) is 5.41 Å². The van der Waals surface area contributed by atoms with Crippen LogP contribution in [0.2, 0.25) is 0 Å².